The van der Waals surface area contributed by atoms with Gasteiger partial charge in [-0.15, -0.1) is 11.8 Å². The van der Waals surface area contributed by atoms with Crippen LogP contribution in [0, 0.1) is 0 Å². The van der Waals surface area contributed by atoms with Crippen molar-refractivity contribution in [1.82, 2.24) is 0 Å². The van der Waals surface area contributed by atoms with Crippen molar-refractivity contribution in [1.29, 1.82) is 0 Å². The summed E-state index contributed by atoms with van der Waals surface area (Å²) in [5, 5.41) is 0.846. The molecule has 1 atom stereocenters. The van der Waals surface area contributed by atoms with E-state index in [0.717, 1.165) is 17.0 Å². The van der Waals surface area contributed by atoms with Gasteiger partial charge in [0.25, 0.3) is 0 Å². The van der Waals surface area contributed by atoms with Crippen molar-refractivity contribution in [3.8, 4) is 0 Å². The molecule has 0 heterocycles. The van der Waals surface area contributed by atoms with Crippen LogP contribution >= 0.6 is 23.4 Å². The normalized spacial score (nSPS) is 12.8. The van der Waals surface area contributed by atoms with Crippen LogP contribution in [0.15, 0.2) is 23.1 Å². The fourth-order valence-corrected chi connectivity index (χ4v) is 2.82. The second-order valence-electron chi connectivity index (χ2n) is 4.14. The summed E-state index contributed by atoms with van der Waals surface area (Å²) in [6.45, 7) is 4.21. The Morgan fingerprint density at radius 2 is 2.19 bits per heavy atom. The third-order valence-corrected chi connectivity index (χ3v) is 3.76. The van der Waals surface area contributed by atoms with Gasteiger partial charge < -0.3 is 5.73 Å². The molecule has 1 unspecified atom stereocenters. The molecule has 0 aliphatic carbocycles. The average Bonchev–Trinajstić information content (AvgIpc) is 2.22. The summed E-state index contributed by atoms with van der Waals surface area (Å²) in [7, 11) is 0. The summed E-state index contributed by atoms with van der Waals surface area (Å²) in [5.41, 5.74) is 6.92. The fourth-order valence-electron chi connectivity index (χ4n) is 1.46. The number of unbranched alkanes of at least 4 members (excludes halogenated alkanes) is 1. The van der Waals surface area contributed by atoms with Gasteiger partial charge in [-0.25, -0.2) is 0 Å². The number of thioether (sulfide) groups is 1. The molecule has 0 bridgehead atoms. The second kappa shape index (κ2) is 7.21. The van der Waals surface area contributed by atoms with E-state index in [9.17, 15) is 0 Å². The lowest BCUT2D eigenvalue weighted by Crippen LogP contribution is -2.17. The van der Waals surface area contributed by atoms with E-state index in [1.165, 1.54) is 23.5 Å². The van der Waals surface area contributed by atoms with Crippen LogP contribution < -0.4 is 5.73 Å². The van der Waals surface area contributed by atoms with Crippen LogP contribution in [0.25, 0.3) is 0 Å². The van der Waals surface area contributed by atoms with Gasteiger partial charge in [-0.05, 0) is 43.2 Å². The monoisotopic (exact) mass is 257 g/mol. The molecule has 1 aromatic carbocycles. The lowest BCUT2D eigenvalue weighted by Gasteiger charge is -2.09. The van der Waals surface area contributed by atoms with Crippen molar-refractivity contribution >= 4 is 23.4 Å². The Morgan fingerprint density at radius 1 is 1.44 bits per heavy atom. The van der Waals surface area contributed by atoms with Crippen LogP contribution in [0.3, 0.4) is 0 Å². The Bertz CT molecular complexity index is 326. The summed E-state index contributed by atoms with van der Waals surface area (Å²) in [6, 6.07) is 6.46. The van der Waals surface area contributed by atoms with Crippen LogP contribution in [0.1, 0.15) is 32.3 Å². The molecule has 0 amide bonds. The predicted octanol–water partition coefficient (Wildman–Crippen LogP) is 4.12. The minimum atomic E-state index is 0.163. The number of hydrogen-bond donors (Lipinski definition) is 1. The zero-order valence-electron chi connectivity index (χ0n) is 10.0. The molecule has 1 nitrogen and oxygen atoms in total. The van der Waals surface area contributed by atoms with Crippen molar-refractivity contribution in [3.05, 3.63) is 28.8 Å². The zero-order chi connectivity index (χ0) is 12.0. The van der Waals surface area contributed by atoms with Crippen LogP contribution in [-0.4, -0.2) is 11.8 Å². The van der Waals surface area contributed by atoms with E-state index in [4.69, 9.17) is 17.3 Å². The summed E-state index contributed by atoms with van der Waals surface area (Å²) in [6.07, 6.45) is 3.34. The van der Waals surface area contributed by atoms with Crippen molar-refractivity contribution < 1.29 is 0 Å². The Hall–Kier alpha value is -0.180. The topological polar surface area (TPSA) is 26.0 Å². The molecule has 1 aromatic rings. The first kappa shape index (κ1) is 13.9. The smallest absolute Gasteiger partial charge is 0.0449 e. The Balaban J connectivity index is 2.60. The zero-order valence-corrected chi connectivity index (χ0v) is 11.6. The Kier molecular flexibility index (Phi) is 6.25. The molecule has 3 heteroatoms. The van der Waals surface area contributed by atoms with Gasteiger partial charge in [-0.1, -0.05) is 31.0 Å². The minimum absolute atomic E-state index is 0.163. The van der Waals surface area contributed by atoms with Gasteiger partial charge in [-0.2, -0.15) is 0 Å². The fraction of sp³-hybridized carbons (Fsp3) is 0.538. The quantitative estimate of drug-likeness (QED) is 0.613. The average molecular weight is 258 g/mol. The van der Waals surface area contributed by atoms with Gasteiger partial charge in [0, 0.05) is 16.0 Å². The molecule has 0 fully saturated rings. The number of nitrogens with two attached hydrogens (primary N) is 1. The van der Waals surface area contributed by atoms with E-state index < -0.39 is 0 Å². The van der Waals surface area contributed by atoms with Crippen LogP contribution in [-0.2, 0) is 6.42 Å². The SMILES string of the molecule is CCCCSc1ccc(CC(C)N)c(Cl)c1. The van der Waals surface area contributed by atoms with Crippen LogP contribution in [0.4, 0.5) is 0 Å². The maximum atomic E-state index is 6.22. The molecular weight excluding hydrogens is 238 g/mol. The maximum Gasteiger partial charge on any atom is 0.0449 e. The minimum Gasteiger partial charge on any atom is -0.328 e. The largest absolute Gasteiger partial charge is 0.328 e. The summed E-state index contributed by atoms with van der Waals surface area (Å²) in [5.74, 6) is 1.17. The van der Waals surface area contributed by atoms with Gasteiger partial charge in [0.1, 0.15) is 0 Å². The molecule has 0 aliphatic rings. The van der Waals surface area contributed by atoms with Crippen molar-refractivity contribution in [2.45, 2.75) is 44.0 Å². The third-order valence-electron chi connectivity index (χ3n) is 2.33. The highest BCUT2D eigenvalue weighted by atomic mass is 35.5. The molecule has 0 spiro atoms. The first-order valence-corrected chi connectivity index (χ1v) is 7.16. The number of hydrogen-bond acceptors (Lipinski definition) is 2. The van der Waals surface area contributed by atoms with Crippen LogP contribution in [0.2, 0.25) is 5.02 Å². The van der Waals surface area contributed by atoms with E-state index in [-0.39, 0.29) is 6.04 Å². The standard InChI is InChI=1S/C13H20ClNS/c1-3-4-7-16-12-6-5-11(8-10(2)15)13(14)9-12/h5-6,9-10H,3-4,7-8,15H2,1-2H3. The van der Waals surface area contributed by atoms with E-state index in [2.05, 4.69) is 25.1 Å². The van der Waals surface area contributed by atoms with Gasteiger partial charge in [0.2, 0.25) is 0 Å². The molecule has 1 rings (SSSR count). The van der Waals surface area contributed by atoms with Gasteiger partial charge in [-0.3, -0.25) is 0 Å². The highest BCUT2D eigenvalue weighted by Crippen LogP contribution is 2.26. The molecule has 0 saturated heterocycles. The van der Waals surface area contributed by atoms with Crippen molar-refractivity contribution in [2.24, 2.45) is 5.73 Å². The van der Waals surface area contributed by atoms with E-state index in [0.29, 0.717) is 0 Å². The first-order chi connectivity index (χ1) is 7.63. The van der Waals surface area contributed by atoms with Crippen molar-refractivity contribution in [2.75, 3.05) is 5.75 Å². The molecule has 2 N–H and O–H groups in total. The van der Waals surface area contributed by atoms with Crippen molar-refractivity contribution in [3.63, 3.8) is 0 Å². The second-order valence-corrected chi connectivity index (χ2v) is 5.71. The Morgan fingerprint density at radius 3 is 2.75 bits per heavy atom. The molecule has 0 radical (unpaired) electrons. The maximum absolute atomic E-state index is 6.22. The highest BCUT2D eigenvalue weighted by Gasteiger charge is 2.04. The van der Waals surface area contributed by atoms with Gasteiger partial charge in [0.15, 0.2) is 0 Å². The summed E-state index contributed by atoms with van der Waals surface area (Å²) < 4.78 is 0. The van der Waals surface area contributed by atoms with Crippen LogP contribution in [0.5, 0.6) is 0 Å². The highest BCUT2D eigenvalue weighted by molar-refractivity contribution is 7.99. The molecule has 0 saturated carbocycles. The molecular formula is C13H20ClNS. The lowest BCUT2D eigenvalue weighted by atomic mass is 10.1. The van der Waals surface area contributed by atoms with E-state index >= 15 is 0 Å². The number of halogens is 1. The molecule has 0 aliphatic heterocycles. The predicted molar refractivity (Wildman–Crippen MR) is 74.4 cm³/mol. The van der Waals surface area contributed by atoms with E-state index in [1.807, 2.05) is 18.7 Å². The molecule has 90 valence electrons. The first-order valence-electron chi connectivity index (χ1n) is 5.80. The van der Waals surface area contributed by atoms with Gasteiger partial charge in [0.05, 0.1) is 0 Å². The number of benzene rings is 1. The summed E-state index contributed by atoms with van der Waals surface area (Å²) >= 11 is 8.09. The lowest BCUT2D eigenvalue weighted by molar-refractivity contribution is 0.738. The molecule has 16 heavy (non-hydrogen) atoms. The van der Waals surface area contributed by atoms with Gasteiger partial charge >= 0.3 is 0 Å². The number of rotatable bonds is 6. The third kappa shape index (κ3) is 4.77. The summed E-state index contributed by atoms with van der Waals surface area (Å²) in [4.78, 5) is 1.26. The Labute approximate surface area is 108 Å². The molecule has 0 aromatic heterocycles. The van der Waals surface area contributed by atoms with E-state index in [1.54, 1.807) is 0 Å².